The second-order valence-corrected chi connectivity index (χ2v) is 3.72. The number of likely N-dealkylation sites (tertiary alicyclic amines) is 1. The average molecular weight is 200 g/mol. The highest BCUT2D eigenvalue weighted by Gasteiger charge is 2.23. The minimum atomic E-state index is 0.107. The van der Waals surface area contributed by atoms with E-state index in [2.05, 4.69) is 10.2 Å². The van der Waals surface area contributed by atoms with Crippen molar-refractivity contribution in [3.63, 3.8) is 0 Å². The molecule has 1 atom stereocenters. The maximum Gasteiger partial charge on any atom is 0.221 e. The molecule has 14 heavy (non-hydrogen) atoms. The van der Waals surface area contributed by atoms with Crippen molar-refractivity contribution in [3.05, 3.63) is 0 Å². The van der Waals surface area contributed by atoms with Crippen molar-refractivity contribution >= 4 is 5.91 Å². The molecule has 0 radical (unpaired) electrons. The number of nitrogens with one attached hydrogen (secondary N) is 1. The van der Waals surface area contributed by atoms with Crippen LogP contribution in [0.15, 0.2) is 0 Å². The molecule has 4 heteroatoms. The summed E-state index contributed by atoms with van der Waals surface area (Å²) < 4.78 is 0. The molecule has 0 spiro atoms. The quantitative estimate of drug-likeness (QED) is 0.655. The van der Waals surface area contributed by atoms with Gasteiger partial charge in [-0.25, -0.2) is 0 Å². The zero-order valence-electron chi connectivity index (χ0n) is 8.83. The summed E-state index contributed by atoms with van der Waals surface area (Å²) in [6.07, 6.45) is 2.75. The fourth-order valence-electron chi connectivity index (χ4n) is 1.93. The maximum atomic E-state index is 11.2. The lowest BCUT2D eigenvalue weighted by atomic mass is 10.2. The van der Waals surface area contributed by atoms with Crippen LogP contribution in [0.1, 0.15) is 26.2 Å². The number of hydrogen-bond donors (Lipinski definition) is 2. The summed E-state index contributed by atoms with van der Waals surface area (Å²) in [5, 5.41) is 11.8. The van der Waals surface area contributed by atoms with Gasteiger partial charge in [-0.1, -0.05) is 0 Å². The monoisotopic (exact) mass is 200 g/mol. The molecular weight excluding hydrogens is 180 g/mol. The van der Waals surface area contributed by atoms with Gasteiger partial charge in [0.25, 0.3) is 0 Å². The van der Waals surface area contributed by atoms with E-state index in [1.54, 1.807) is 0 Å². The molecule has 2 N–H and O–H groups in total. The lowest BCUT2D eigenvalue weighted by Gasteiger charge is -2.21. The molecule has 1 rings (SSSR count). The van der Waals surface area contributed by atoms with Crippen LogP contribution >= 0.6 is 0 Å². The Morgan fingerprint density at radius 3 is 3.07 bits per heavy atom. The van der Waals surface area contributed by atoms with Crippen LogP contribution < -0.4 is 5.32 Å². The molecule has 0 unspecified atom stereocenters. The zero-order chi connectivity index (χ0) is 10.4. The van der Waals surface area contributed by atoms with Gasteiger partial charge in [0.2, 0.25) is 5.91 Å². The predicted octanol–water partition coefficient (Wildman–Crippen LogP) is -0.0307. The first-order valence-electron chi connectivity index (χ1n) is 5.39. The third-order valence-corrected chi connectivity index (χ3v) is 2.71. The fraction of sp³-hybridized carbons (Fsp3) is 0.900. The second-order valence-electron chi connectivity index (χ2n) is 3.72. The molecule has 1 aliphatic rings. The van der Waals surface area contributed by atoms with Crippen molar-refractivity contribution in [1.29, 1.82) is 0 Å². The maximum absolute atomic E-state index is 11.2. The summed E-state index contributed by atoms with van der Waals surface area (Å²) in [6.45, 7) is 4.63. The summed E-state index contributed by atoms with van der Waals surface area (Å²) in [7, 11) is 0. The third kappa shape index (κ3) is 3.27. The molecule has 0 saturated carbocycles. The molecular formula is C10H20N2O2. The molecule has 1 saturated heterocycles. The summed E-state index contributed by atoms with van der Waals surface area (Å²) in [4.78, 5) is 13.4. The van der Waals surface area contributed by atoms with E-state index < -0.39 is 0 Å². The minimum absolute atomic E-state index is 0.107. The summed E-state index contributed by atoms with van der Waals surface area (Å²) >= 11 is 0. The van der Waals surface area contributed by atoms with Crippen molar-refractivity contribution in [2.45, 2.75) is 32.2 Å². The van der Waals surface area contributed by atoms with Gasteiger partial charge in [0.15, 0.2) is 0 Å². The topological polar surface area (TPSA) is 52.6 Å². The Morgan fingerprint density at radius 2 is 2.43 bits per heavy atom. The van der Waals surface area contributed by atoms with Gasteiger partial charge < -0.3 is 10.4 Å². The lowest BCUT2D eigenvalue weighted by Crippen LogP contribution is -2.35. The number of amides is 1. The van der Waals surface area contributed by atoms with Crippen molar-refractivity contribution < 1.29 is 9.90 Å². The molecule has 0 aliphatic carbocycles. The van der Waals surface area contributed by atoms with Crippen LogP contribution in [-0.2, 0) is 4.79 Å². The van der Waals surface area contributed by atoms with Crippen molar-refractivity contribution in [2.75, 3.05) is 26.2 Å². The molecule has 0 aromatic heterocycles. The van der Waals surface area contributed by atoms with Crippen molar-refractivity contribution in [2.24, 2.45) is 0 Å². The van der Waals surface area contributed by atoms with E-state index in [-0.39, 0.29) is 18.6 Å². The summed E-state index contributed by atoms with van der Waals surface area (Å²) in [5.74, 6) is 0.107. The highest BCUT2D eigenvalue weighted by molar-refractivity contribution is 5.75. The number of carbonyl (C=O) groups is 1. The van der Waals surface area contributed by atoms with Crippen LogP contribution in [0.5, 0.6) is 0 Å². The number of aliphatic hydroxyl groups is 1. The third-order valence-electron chi connectivity index (χ3n) is 2.71. The van der Waals surface area contributed by atoms with Gasteiger partial charge in [0.05, 0.1) is 6.61 Å². The average Bonchev–Trinajstić information content (AvgIpc) is 2.62. The number of carbonyl (C=O) groups excluding carboxylic acids is 1. The van der Waals surface area contributed by atoms with Gasteiger partial charge in [-0.2, -0.15) is 0 Å². The first-order chi connectivity index (χ1) is 6.77. The molecule has 0 bridgehead atoms. The van der Waals surface area contributed by atoms with Crippen LogP contribution in [0, 0.1) is 0 Å². The molecule has 1 amide bonds. The molecule has 0 aromatic rings. The van der Waals surface area contributed by atoms with E-state index in [0.29, 0.717) is 13.0 Å². The normalized spacial score (nSPS) is 22.6. The van der Waals surface area contributed by atoms with Crippen LogP contribution in [-0.4, -0.2) is 48.2 Å². The Kier molecular flexibility index (Phi) is 4.90. The Bertz CT molecular complexity index is 185. The number of rotatable bonds is 5. The largest absolute Gasteiger partial charge is 0.395 e. The van der Waals surface area contributed by atoms with Gasteiger partial charge in [-0.05, 0) is 26.3 Å². The SMILES string of the molecule is CCNC(=O)CCN1CCC[C@H]1CO. The zero-order valence-corrected chi connectivity index (χ0v) is 8.83. The van der Waals surface area contributed by atoms with Gasteiger partial charge in [0, 0.05) is 25.6 Å². The Morgan fingerprint density at radius 1 is 1.64 bits per heavy atom. The van der Waals surface area contributed by atoms with E-state index in [4.69, 9.17) is 5.11 Å². The number of hydrogen-bond acceptors (Lipinski definition) is 3. The van der Waals surface area contributed by atoms with E-state index in [9.17, 15) is 4.79 Å². The van der Waals surface area contributed by atoms with Crippen LogP contribution in [0.2, 0.25) is 0 Å². The van der Waals surface area contributed by atoms with Crippen molar-refractivity contribution in [3.8, 4) is 0 Å². The molecule has 1 heterocycles. The highest BCUT2D eigenvalue weighted by atomic mass is 16.3. The molecule has 0 aromatic carbocycles. The molecule has 1 aliphatic heterocycles. The smallest absolute Gasteiger partial charge is 0.221 e. The standard InChI is InChI=1S/C10H20N2O2/c1-2-11-10(14)5-7-12-6-3-4-9(12)8-13/h9,13H,2-8H2,1H3,(H,11,14)/t9-/m0/s1. The van der Waals surface area contributed by atoms with Gasteiger partial charge in [-0.15, -0.1) is 0 Å². The lowest BCUT2D eigenvalue weighted by molar-refractivity contribution is -0.121. The Labute approximate surface area is 85.3 Å². The highest BCUT2D eigenvalue weighted by Crippen LogP contribution is 2.16. The van der Waals surface area contributed by atoms with Crippen LogP contribution in [0.4, 0.5) is 0 Å². The van der Waals surface area contributed by atoms with E-state index in [1.165, 1.54) is 0 Å². The predicted molar refractivity (Wildman–Crippen MR) is 55.0 cm³/mol. The van der Waals surface area contributed by atoms with E-state index in [1.807, 2.05) is 6.92 Å². The summed E-state index contributed by atoms with van der Waals surface area (Å²) in [5.41, 5.74) is 0. The molecule has 82 valence electrons. The van der Waals surface area contributed by atoms with Crippen LogP contribution in [0.25, 0.3) is 0 Å². The van der Waals surface area contributed by atoms with Crippen molar-refractivity contribution in [1.82, 2.24) is 10.2 Å². The summed E-state index contributed by atoms with van der Waals surface area (Å²) in [6, 6.07) is 0.282. The number of aliphatic hydroxyl groups excluding tert-OH is 1. The number of nitrogens with zero attached hydrogens (tertiary/aromatic N) is 1. The molecule has 1 fully saturated rings. The minimum Gasteiger partial charge on any atom is -0.395 e. The first-order valence-corrected chi connectivity index (χ1v) is 5.39. The van der Waals surface area contributed by atoms with Crippen LogP contribution in [0.3, 0.4) is 0 Å². The Hall–Kier alpha value is -0.610. The van der Waals surface area contributed by atoms with Gasteiger partial charge in [0.1, 0.15) is 0 Å². The van der Waals surface area contributed by atoms with Gasteiger partial charge >= 0.3 is 0 Å². The van der Waals surface area contributed by atoms with E-state index >= 15 is 0 Å². The van der Waals surface area contributed by atoms with Gasteiger partial charge in [-0.3, -0.25) is 9.69 Å². The Balaban J connectivity index is 2.20. The van der Waals surface area contributed by atoms with E-state index in [0.717, 1.165) is 25.9 Å². The first kappa shape index (κ1) is 11.5. The second kappa shape index (κ2) is 5.98. The fourth-order valence-corrected chi connectivity index (χ4v) is 1.93. The molecule has 4 nitrogen and oxygen atoms in total.